The summed E-state index contributed by atoms with van der Waals surface area (Å²) in [5, 5.41) is 0. The quantitative estimate of drug-likeness (QED) is 0.679. The van der Waals surface area contributed by atoms with Gasteiger partial charge in [-0.25, -0.2) is 0 Å². The van der Waals surface area contributed by atoms with Gasteiger partial charge in [0.15, 0.2) is 0 Å². The summed E-state index contributed by atoms with van der Waals surface area (Å²) in [5.41, 5.74) is 0. The third-order valence-corrected chi connectivity index (χ3v) is 1.50. The van der Waals surface area contributed by atoms with E-state index in [0.717, 1.165) is 13.8 Å². The Labute approximate surface area is 83.4 Å². The summed E-state index contributed by atoms with van der Waals surface area (Å²) in [7, 11) is 0. The molecule has 0 aliphatic carbocycles. The maximum absolute atomic E-state index is 11.8. The molecule has 0 amide bonds. The minimum atomic E-state index is -4.42. The molecule has 0 bridgehead atoms. The first kappa shape index (κ1) is 14.5. The molecule has 7 heteroatoms. The monoisotopic (exact) mass is 238 g/mol. The molecular formula is C8H12F6O. The van der Waals surface area contributed by atoms with Gasteiger partial charge in [0.25, 0.3) is 0 Å². The number of ether oxygens (including phenoxy) is 1. The van der Waals surface area contributed by atoms with Gasteiger partial charge in [-0.3, -0.25) is 0 Å². The van der Waals surface area contributed by atoms with E-state index in [9.17, 15) is 26.3 Å². The predicted octanol–water partition coefficient (Wildman–Crippen LogP) is 3.68. The molecule has 2 atom stereocenters. The Morgan fingerprint density at radius 2 is 1.07 bits per heavy atom. The fraction of sp³-hybridized carbons (Fsp3) is 1.00. The largest absolute Gasteiger partial charge is 0.391 e. The van der Waals surface area contributed by atoms with Crippen molar-refractivity contribution in [3.05, 3.63) is 0 Å². The highest BCUT2D eigenvalue weighted by molar-refractivity contribution is 4.63. The van der Waals surface area contributed by atoms with Crippen molar-refractivity contribution in [3.8, 4) is 0 Å². The number of alkyl halides is 6. The van der Waals surface area contributed by atoms with Gasteiger partial charge >= 0.3 is 12.4 Å². The molecule has 0 aromatic heterocycles. The average Bonchev–Trinajstić information content (AvgIpc) is 1.73. The molecule has 0 aliphatic rings. The van der Waals surface area contributed by atoms with Crippen molar-refractivity contribution in [1.29, 1.82) is 0 Å². The van der Waals surface area contributed by atoms with Gasteiger partial charge in [0.05, 0.1) is 25.0 Å². The molecule has 2 unspecified atom stereocenters. The summed E-state index contributed by atoms with van der Waals surface area (Å²) in [6, 6.07) is 0. The van der Waals surface area contributed by atoms with Crippen molar-refractivity contribution in [3.63, 3.8) is 0 Å². The Morgan fingerprint density at radius 1 is 0.800 bits per heavy atom. The smallest absolute Gasteiger partial charge is 0.375 e. The van der Waals surface area contributed by atoms with Gasteiger partial charge in [-0.15, -0.1) is 0 Å². The van der Waals surface area contributed by atoms with Crippen molar-refractivity contribution >= 4 is 0 Å². The lowest BCUT2D eigenvalue weighted by Gasteiger charge is -2.21. The number of hydrogen-bond acceptors (Lipinski definition) is 1. The molecular weight excluding hydrogens is 226 g/mol. The first-order valence-corrected chi connectivity index (χ1v) is 4.28. The van der Waals surface area contributed by atoms with Gasteiger partial charge in [0.1, 0.15) is 0 Å². The molecule has 0 spiro atoms. The normalized spacial score (nSPS) is 17.6. The molecule has 0 fully saturated rings. The Kier molecular flexibility index (Phi) is 4.89. The molecule has 0 rings (SSSR count). The minimum absolute atomic E-state index is 1.10. The van der Waals surface area contributed by atoms with E-state index >= 15 is 0 Å². The van der Waals surface area contributed by atoms with Gasteiger partial charge in [0, 0.05) is 0 Å². The summed E-state index contributed by atoms with van der Waals surface area (Å²) in [6.45, 7) is 2.20. The third-order valence-electron chi connectivity index (χ3n) is 1.50. The highest BCUT2D eigenvalue weighted by Crippen LogP contribution is 2.26. The van der Waals surface area contributed by atoms with Crippen molar-refractivity contribution < 1.29 is 31.1 Å². The van der Waals surface area contributed by atoms with Crippen LogP contribution in [0, 0.1) is 0 Å². The molecule has 15 heavy (non-hydrogen) atoms. The van der Waals surface area contributed by atoms with E-state index in [1.54, 1.807) is 0 Å². The maximum atomic E-state index is 11.8. The highest BCUT2D eigenvalue weighted by Gasteiger charge is 2.34. The first-order chi connectivity index (χ1) is 6.49. The number of hydrogen-bond donors (Lipinski definition) is 0. The van der Waals surface area contributed by atoms with E-state index in [1.165, 1.54) is 0 Å². The van der Waals surface area contributed by atoms with E-state index < -0.39 is 37.4 Å². The molecule has 0 saturated carbocycles. The van der Waals surface area contributed by atoms with Crippen LogP contribution in [0.5, 0.6) is 0 Å². The Bertz CT molecular complexity index is 165. The van der Waals surface area contributed by atoms with E-state index in [4.69, 9.17) is 0 Å². The molecule has 0 aliphatic heterocycles. The van der Waals surface area contributed by atoms with Crippen molar-refractivity contribution in [2.75, 3.05) is 0 Å². The molecule has 1 nitrogen and oxygen atoms in total. The zero-order valence-electron chi connectivity index (χ0n) is 8.24. The lowest BCUT2D eigenvalue weighted by atomic mass is 10.2. The Hall–Kier alpha value is -0.460. The van der Waals surface area contributed by atoms with Crippen molar-refractivity contribution in [1.82, 2.24) is 0 Å². The second-order valence-electron chi connectivity index (χ2n) is 3.40. The first-order valence-electron chi connectivity index (χ1n) is 4.28. The number of rotatable bonds is 4. The highest BCUT2D eigenvalue weighted by atomic mass is 19.4. The van der Waals surface area contributed by atoms with Crippen molar-refractivity contribution in [2.45, 2.75) is 51.2 Å². The molecule has 92 valence electrons. The molecule has 0 aromatic carbocycles. The summed E-state index contributed by atoms with van der Waals surface area (Å²) in [5.74, 6) is 0. The van der Waals surface area contributed by atoms with Crippen LogP contribution in [0.2, 0.25) is 0 Å². The van der Waals surface area contributed by atoms with E-state index in [-0.39, 0.29) is 0 Å². The fourth-order valence-electron chi connectivity index (χ4n) is 1.14. The van der Waals surface area contributed by atoms with E-state index in [0.29, 0.717) is 0 Å². The van der Waals surface area contributed by atoms with Gasteiger partial charge in [-0.2, -0.15) is 26.3 Å². The van der Waals surface area contributed by atoms with E-state index in [1.807, 2.05) is 0 Å². The van der Waals surface area contributed by atoms with Gasteiger partial charge in [-0.05, 0) is 13.8 Å². The topological polar surface area (TPSA) is 9.23 Å². The molecule has 0 aromatic rings. The summed E-state index contributed by atoms with van der Waals surface area (Å²) in [4.78, 5) is 0. The average molecular weight is 238 g/mol. The SMILES string of the molecule is CC(CC(F)(F)F)OC(C)CC(F)(F)F. The van der Waals surface area contributed by atoms with Gasteiger partial charge in [0.2, 0.25) is 0 Å². The van der Waals surface area contributed by atoms with Gasteiger partial charge < -0.3 is 4.74 Å². The van der Waals surface area contributed by atoms with Crippen LogP contribution in [0.15, 0.2) is 0 Å². The van der Waals surface area contributed by atoms with Crippen molar-refractivity contribution in [2.24, 2.45) is 0 Å². The lowest BCUT2D eigenvalue weighted by molar-refractivity contribution is -0.184. The summed E-state index contributed by atoms with van der Waals surface area (Å²) >= 11 is 0. The van der Waals surface area contributed by atoms with E-state index in [2.05, 4.69) is 4.74 Å². The van der Waals surface area contributed by atoms with Crippen LogP contribution in [0.3, 0.4) is 0 Å². The van der Waals surface area contributed by atoms with Crippen LogP contribution in [0.25, 0.3) is 0 Å². The molecule has 0 radical (unpaired) electrons. The zero-order valence-corrected chi connectivity index (χ0v) is 8.24. The van der Waals surface area contributed by atoms with Crippen LogP contribution in [-0.2, 0) is 4.74 Å². The summed E-state index contributed by atoms with van der Waals surface area (Å²) in [6.07, 6.45) is -13.8. The van der Waals surface area contributed by atoms with Crippen LogP contribution in [-0.4, -0.2) is 24.6 Å². The standard InChI is InChI=1S/C8H12F6O/c1-5(3-7(9,10)11)15-6(2)4-8(12,13)14/h5-6H,3-4H2,1-2H3. The fourth-order valence-corrected chi connectivity index (χ4v) is 1.14. The summed E-state index contributed by atoms with van der Waals surface area (Å²) < 4.78 is 75.3. The second kappa shape index (κ2) is 5.05. The Morgan fingerprint density at radius 3 is 1.27 bits per heavy atom. The molecule has 0 saturated heterocycles. The molecule has 0 N–H and O–H groups in total. The van der Waals surface area contributed by atoms with Crippen LogP contribution in [0.1, 0.15) is 26.7 Å². The zero-order chi connectivity index (χ0) is 12.3. The van der Waals surface area contributed by atoms with Crippen LogP contribution < -0.4 is 0 Å². The second-order valence-corrected chi connectivity index (χ2v) is 3.40. The maximum Gasteiger partial charge on any atom is 0.391 e. The van der Waals surface area contributed by atoms with Crippen LogP contribution >= 0.6 is 0 Å². The minimum Gasteiger partial charge on any atom is -0.375 e. The number of halogens is 6. The molecule has 0 heterocycles. The van der Waals surface area contributed by atoms with Crippen LogP contribution in [0.4, 0.5) is 26.3 Å². The Balaban J connectivity index is 3.92. The lowest BCUT2D eigenvalue weighted by Crippen LogP contribution is -2.27. The third kappa shape index (κ3) is 9.84. The van der Waals surface area contributed by atoms with Gasteiger partial charge in [-0.1, -0.05) is 0 Å². The predicted molar refractivity (Wildman–Crippen MR) is 41.4 cm³/mol.